The summed E-state index contributed by atoms with van der Waals surface area (Å²) in [7, 11) is 5.98. The zero-order valence-corrected chi connectivity index (χ0v) is 17.5. The van der Waals surface area contributed by atoms with Crippen LogP contribution in [-0.4, -0.2) is 75.7 Å². The Morgan fingerprint density at radius 1 is 1.21 bits per heavy atom. The molecule has 0 radical (unpaired) electrons. The maximum atomic E-state index is 13.1. The van der Waals surface area contributed by atoms with Gasteiger partial charge in [0, 0.05) is 51.2 Å². The number of halogens is 3. The van der Waals surface area contributed by atoms with Crippen LogP contribution in [0.4, 0.5) is 13.2 Å². The van der Waals surface area contributed by atoms with Gasteiger partial charge < -0.3 is 15.5 Å². The number of aliphatic imine (C=N–C) groups is 1. The molecule has 3 rings (SSSR count). The number of nitrogens with zero attached hydrogens (tertiary/aromatic N) is 3. The van der Waals surface area contributed by atoms with Crippen molar-refractivity contribution in [1.82, 2.24) is 20.4 Å². The van der Waals surface area contributed by atoms with Gasteiger partial charge in [-0.1, -0.05) is 24.6 Å². The van der Waals surface area contributed by atoms with E-state index in [1.54, 1.807) is 7.05 Å². The van der Waals surface area contributed by atoms with Gasteiger partial charge in [0.2, 0.25) is 0 Å². The fourth-order valence-corrected chi connectivity index (χ4v) is 4.21. The smallest absolute Gasteiger partial charge is 0.356 e. The molecule has 1 saturated carbocycles. The summed E-state index contributed by atoms with van der Waals surface area (Å²) >= 11 is 0. The van der Waals surface area contributed by atoms with Crippen molar-refractivity contribution in [2.24, 2.45) is 4.99 Å². The minimum atomic E-state index is -4.31. The molecule has 0 aromatic heterocycles. The number of nitrogens with one attached hydrogen (secondary N) is 2. The lowest BCUT2D eigenvalue weighted by atomic mass is 9.64. The lowest BCUT2D eigenvalue weighted by molar-refractivity contribution is -0.137. The Labute approximate surface area is 171 Å². The number of alkyl halides is 3. The van der Waals surface area contributed by atoms with Crippen LogP contribution in [0.1, 0.15) is 30.4 Å². The summed E-state index contributed by atoms with van der Waals surface area (Å²) in [5.74, 6) is 0.699. The van der Waals surface area contributed by atoms with E-state index in [9.17, 15) is 13.2 Å². The number of piperazine rings is 1. The molecule has 0 spiro atoms. The minimum absolute atomic E-state index is 0.263. The molecule has 1 aromatic carbocycles. The Morgan fingerprint density at radius 3 is 2.59 bits per heavy atom. The maximum Gasteiger partial charge on any atom is 0.416 e. The standard InChI is InChI=1S/C21H32F3N5/c1-25-19(26-13-18-14-28(2)10-11-29(18)3)27-15-20(8-5-9-20)16-6-4-7-17(12-16)21(22,23)24/h4,6-7,12,18H,5,8-11,13-15H2,1-3H3,(H2,25,26,27). The number of rotatable bonds is 5. The Bertz CT molecular complexity index is 715. The summed E-state index contributed by atoms with van der Waals surface area (Å²) in [6, 6.07) is 6.18. The molecule has 5 nitrogen and oxygen atoms in total. The Kier molecular flexibility index (Phi) is 6.73. The molecule has 1 aliphatic carbocycles. The highest BCUT2D eigenvalue weighted by atomic mass is 19.4. The predicted octanol–water partition coefficient (Wildman–Crippen LogP) is 2.54. The Balaban J connectivity index is 1.60. The first kappa shape index (κ1) is 21.9. The summed E-state index contributed by atoms with van der Waals surface area (Å²) in [6.45, 7) is 4.45. The molecule has 1 aliphatic heterocycles. The quantitative estimate of drug-likeness (QED) is 0.577. The van der Waals surface area contributed by atoms with Crippen molar-refractivity contribution in [2.45, 2.75) is 36.9 Å². The van der Waals surface area contributed by atoms with Crippen LogP contribution < -0.4 is 10.6 Å². The van der Waals surface area contributed by atoms with E-state index >= 15 is 0 Å². The first-order valence-corrected chi connectivity index (χ1v) is 10.2. The molecule has 29 heavy (non-hydrogen) atoms. The van der Waals surface area contributed by atoms with Crippen LogP contribution in [0.5, 0.6) is 0 Å². The number of hydrogen-bond donors (Lipinski definition) is 2. The lowest BCUT2D eigenvalue weighted by Gasteiger charge is -2.43. The van der Waals surface area contributed by atoms with Gasteiger partial charge in [-0.15, -0.1) is 0 Å². The van der Waals surface area contributed by atoms with Crippen LogP contribution in [0, 0.1) is 0 Å². The van der Waals surface area contributed by atoms with Gasteiger partial charge >= 0.3 is 6.18 Å². The maximum absolute atomic E-state index is 13.1. The van der Waals surface area contributed by atoms with Crippen LogP contribution in [0.3, 0.4) is 0 Å². The number of guanidine groups is 1. The molecule has 1 saturated heterocycles. The van der Waals surface area contributed by atoms with Gasteiger partial charge in [-0.05, 0) is 38.6 Å². The normalized spacial score (nSPS) is 23.5. The van der Waals surface area contributed by atoms with E-state index in [1.807, 2.05) is 6.07 Å². The van der Waals surface area contributed by atoms with E-state index in [4.69, 9.17) is 0 Å². The minimum Gasteiger partial charge on any atom is -0.356 e. The Morgan fingerprint density at radius 2 is 1.97 bits per heavy atom. The molecule has 1 heterocycles. The second-order valence-electron chi connectivity index (χ2n) is 8.42. The zero-order chi connectivity index (χ0) is 21.1. The number of hydrogen-bond acceptors (Lipinski definition) is 3. The fraction of sp³-hybridized carbons (Fsp3) is 0.667. The van der Waals surface area contributed by atoms with Crippen molar-refractivity contribution in [3.63, 3.8) is 0 Å². The van der Waals surface area contributed by atoms with Crippen LogP contribution >= 0.6 is 0 Å². The number of likely N-dealkylation sites (N-methyl/N-ethyl adjacent to an activating group) is 2. The third-order valence-electron chi connectivity index (χ3n) is 6.42. The average Bonchev–Trinajstić information content (AvgIpc) is 2.65. The SMILES string of the molecule is CN=C(NCC1CN(C)CCN1C)NCC1(c2cccc(C(F)(F)F)c2)CCC1. The monoisotopic (exact) mass is 411 g/mol. The van der Waals surface area contributed by atoms with Crippen molar-refractivity contribution in [2.75, 3.05) is 53.9 Å². The summed E-state index contributed by atoms with van der Waals surface area (Å²) in [5, 5.41) is 6.75. The fourth-order valence-electron chi connectivity index (χ4n) is 4.21. The first-order valence-electron chi connectivity index (χ1n) is 10.2. The molecule has 2 N–H and O–H groups in total. The van der Waals surface area contributed by atoms with Gasteiger partial charge in [0.15, 0.2) is 5.96 Å². The van der Waals surface area contributed by atoms with Gasteiger partial charge in [-0.2, -0.15) is 13.2 Å². The topological polar surface area (TPSA) is 42.9 Å². The van der Waals surface area contributed by atoms with Gasteiger partial charge in [-0.25, -0.2) is 0 Å². The summed E-state index contributed by atoms with van der Waals surface area (Å²) in [5.41, 5.74) is -0.0795. The van der Waals surface area contributed by atoms with Gasteiger partial charge in [0.1, 0.15) is 0 Å². The van der Waals surface area contributed by atoms with Crippen LogP contribution in [0.2, 0.25) is 0 Å². The van der Waals surface area contributed by atoms with Crippen LogP contribution in [0.15, 0.2) is 29.3 Å². The van der Waals surface area contributed by atoms with E-state index in [0.29, 0.717) is 18.5 Å². The molecule has 2 fully saturated rings. The average molecular weight is 412 g/mol. The molecule has 0 amide bonds. The van der Waals surface area contributed by atoms with Crippen molar-refractivity contribution >= 4 is 5.96 Å². The molecule has 2 aliphatic rings. The molecule has 1 atom stereocenters. The summed E-state index contributed by atoms with van der Waals surface area (Å²) in [4.78, 5) is 8.97. The predicted molar refractivity (Wildman–Crippen MR) is 110 cm³/mol. The van der Waals surface area contributed by atoms with Gasteiger partial charge in [0.25, 0.3) is 0 Å². The zero-order valence-electron chi connectivity index (χ0n) is 17.5. The van der Waals surface area contributed by atoms with Crippen LogP contribution in [-0.2, 0) is 11.6 Å². The van der Waals surface area contributed by atoms with Crippen LogP contribution in [0.25, 0.3) is 0 Å². The van der Waals surface area contributed by atoms with Crippen molar-refractivity contribution < 1.29 is 13.2 Å². The first-order chi connectivity index (χ1) is 13.7. The van der Waals surface area contributed by atoms with Crippen molar-refractivity contribution in [1.29, 1.82) is 0 Å². The number of benzene rings is 1. The molecule has 8 heteroatoms. The van der Waals surface area contributed by atoms with E-state index in [1.165, 1.54) is 12.1 Å². The second kappa shape index (κ2) is 8.92. The molecular formula is C21H32F3N5. The molecule has 162 valence electrons. The van der Waals surface area contributed by atoms with E-state index < -0.39 is 11.7 Å². The molecule has 1 unspecified atom stereocenters. The highest BCUT2D eigenvalue weighted by Gasteiger charge is 2.40. The Hall–Kier alpha value is -1.80. The summed E-state index contributed by atoms with van der Waals surface area (Å²) < 4.78 is 39.4. The van der Waals surface area contributed by atoms with E-state index in [0.717, 1.165) is 57.1 Å². The van der Waals surface area contributed by atoms with E-state index in [2.05, 4.69) is 39.5 Å². The third-order valence-corrected chi connectivity index (χ3v) is 6.42. The molecular weight excluding hydrogens is 379 g/mol. The third kappa shape index (κ3) is 5.22. The molecule has 1 aromatic rings. The van der Waals surface area contributed by atoms with E-state index in [-0.39, 0.29) is 5.41 Å². The largest absolute Gasteiger partial charge is 0.416 e. The summed E-state index contributed by atoms with van der Waals surface area (Å²) in [6.07, 6.45) is -1.52. The second-order valence-corrected chi connectivity index (χ2v) is 8.42. The lowest BCUT2D eigenvalue weighted by Crippen LogP contribution is -2.56. The molecule has 0 bridgehead atoms. The van der Waals surface area contributed by atoms with Gasteiger partial charge in [0.05, 0.1) is 5.56 Å². The highest BCUT2D eigenvalue weighted by Crippen LogP contribution is 2.44. The van der Waals surface area contributed by atoms with Gasteiger partial charge in [-0.3, -0.25) is 9.89 Å². The van der Waals surface area contributed by atoms with Crippen molar-refractivity contribution in [3.8, 4) is 0 Å². The van der Waals surface area contributed by atoms with Crippen molar-refractivity contribution in [3.05, 3.63) is 35.4 Å². The highest BCUT2D eigenvalue weighted by molar-refractivity contribution is 5.79.